The maximum atomic E-state index is 11.2. The predicted octanol–water partition coefficient (Wildman–Crippen LogP) is 5.03. The first-order valence-electron chi connectivity index (χ1n) is 6.66. The van der Waals surface area contributed by atoms with E-state index >= 15 is 0 Å². The number of unbranched alkanes of at least 4 members (excludes halogenated alkanes) is 1. The van der Waals surface area contributed by atoms with Gasteiger partial charge < -0.3 is 4.74 Å². The van der Waals surface area contributed by atoms with Crippen LogP contribution in [0.5, 0.6) is 0 Å². The zero-order valence-electron chi connectivity index (χ0n) is 11.3. The van der Waals surface area contributed by atoms with E-state index in [1.54, 1.807) is 0 Å². The summed E-state index contributed by atoms with van der Waals surface area (Å²) in [4.78, 5) is 0. The van der Waals surface area contributed by atoms with E-state index in [9.17, 15) is 4.57 Å². The van der Waals surface area contributed by atoms with Gasteiger partial charge in [0, 0.05) is 0 Å². The summed E-state index contributed by atoms with van der Waals surface area (Å²) in [6.07, 6.45) is 6.52. The molecular formula is C13H27O2P. The Balaban J connectivity index is 4.10. The molecule has 16 heavy (non-hydrogen) atoms. The van der Waals surface area contributed by atoms with Crippen molar-refractivity contribution in [3.05, 3.63) is 0 Å². The third kappa shape index (κ3) is 5.41. The Morgan fingerprint density at radius 1 is 1.19 bits per heavy atom. The molecule has 0 aliphatic heterocycles. The summed E-state index contributed by atoms with van der Waals surface area (Å²) in [6.45, 7) is 9.26. The van der Waals surface area contributed by atoms with Crippen LogP contribution in [0.2, 0.25) is 0 Å². The van der Waals surface area contributed by atoms with Gasteiger partial charge in [0.05, 0.1) is 6.61 Å². The highest BCUT2D eigenvalue weighted by atomic mass is 31.1. The molecule has 0 saturated heterocycles. The van der Waals surface area contributed by atoms with E-state index in [0.717, 1.165) is 25.9 Å². The molecule has 1 atom stereocenters. The lowest BCUT2D eigenvalue weighted by Crippen LogP contribution is -2.27. The van der Waals surface area contributed by atoms with Gasteiger partial charge in [0.1, 0.15) is 5.34 Å². The molecule has 0 heterocycles. The van der Waals surface area contributed by atoms with Gasteiger partial charge >= 0.3 is 0 Å². The molecule has 2 nitrogen and oxygen atoms in total. The first-order chi connectivity index (χ1) is 7.67. The number of rotatable bonds is 10. The fourth-order valence-corrected chi connectivity index (χ4v) is 2.17. The fraction of sp³-hybridized carbons (Fsp3) is 1.00. The van der Waals surface area contributed by atoms with Gasteiger partial charge in [-0.25, -0.2) is 0 Å². The predicted molar refractivity (Wildman–Crippen MR) is 70.2 cm³/mol. The average molecular weight is 246 g/mol. The summed E-state index contributed by atoms with van der Waals surface area (Å²) in [5.74, 6) is 0.624. The van der Waals surface area contributed by atoms with Gasteiger partial charge in [0.15, 0.2) is 8.46 Å². The van der Waals surface area contributed by atoms with E-state index in [2.05, 4.69) is 13.8 Å². The van der Waals surface area contributed by atoms with Crippen LogP contribution in [0.25, 0.3) is 0 Å². The molecule has 0 radical (unpaired) electrons. The van der Waals surface area contributed by atoms with Crippen molar-refractivity contribution in [3.63, 3.8) is 0 Å². The summed E-state index contributed by atoms with van der Waals surface area (Å²) >= 11 is 0. The van der Waals surface area contributed by atoms with Gasteiger partial charge in [0.25, 0.3) is 0 Å². The normalized spacial score (nSPS) is 14.2. The van der Waals surface area contributed by atoms with Crippen molar-refractivity contribution in [2.75, 3.05) is 6.61 Å². The first kappa shape index (κ1) is 16.1. The van der Waals surface area contributed by atoms with Crippen LogP contribution in [0.15, 0.2) is 0 Å². The second-order valence-corrected chi connectivity index (χ2v) is 5.47. The Kier molecular flexibility index (Phi) is 9.16. The summed E-state index contributed by atoms with van der Waals surface area (Å²) in [7, 11) is 0.136. The molecule has 0 N–H and O–H groups in total. The molecule has 0 amide bonds. The molecule has 0 aromatic rings. The topological polar surface area (TPSA) is 26.3 Å². The molecule has 96 valence electrons. The van der Waals surface area contributed by atoms with Crippen molar-refractivity contribution < 1.29 is 9.30 Å². The summed E-state index contributed by atoms with van der Waals surface area (Å²) in [6, 6.07) is 0. The minimum absolute atomic E-state index is 0.136. The van der Waals surface area contributed by atoms with Gasteiger partial charge in [-0.1, -0.05) is 47.0 Å². The van der Waals surface area contributed by atoms with E-state index in [0.29, 0.717) is 5.92 Å². The number of ether oxygens (including phenoxy) is 1. The van der Waals surface area contributed by atoms with E-state index in [1.165, 1.54) is 19.3 Å². The highest BCUT2D eigenvalue weighted by Gasteiger charge is 2.28. The van der Waals surface area contributed by atoms with Crippen molar-refractivity contribution in [1.29, 1.82) is 0 Å². The Hall–Kier alpha value is 0.0600. The third-order valence-corrected chi connectivity index (χ3v) is 4.50. The van der Waals surface area contributed by atoms with Crippen LogP contribution in [0.3, 0.4) is 0 Å². The molecule has 0 aromatic heterocycles. The SMILES string of the molecule is CCCCC(CC)COC(CC)(CC)P=O. The third-order valence-electron chi connectivity index (χ3n) is 3.40. The molecule has 0 rings (SSSR count). The zero-order valence-corrected chi connectivity index (χ0v) is 12.2. The molecular weight excluding hydrogens is 219 g/mol. The van der Waals surface area contributed by atoms with Crippen molar-refractivity contribution in [2.45, 2.75) is 71.6 Å². The lowest BCUT2D eigenvalue weighted by atomic mass is 10.0. The molecule has 1 unspecified atom stereocenters. The molecule has 0 spiro atoms. The quantitative estimate of drug-likeness (QED) is 0.505. The highest BCUT2D eigenvalue weighted by molar-refractivity contribution is 7.25. The minimum atomic E-state index is -0.431. The lowest BCUT2D eigenvalue weighted by Gasteiger charge is -2.27. The Morgan fingerprint density at radius 3 is 2.19 bits per heavy atom. The summed E-state index contributed by atoms with van der Waals surface area (Å²) < 4.78 is 17.1. The van der Waals surface area contributed by atoms with Gasteiger partial charge in [-0.15, -0.1) is 0 Å². The monoisotopic (exact) mass is 246 g/mol. The van der Waals surface area contributed by atoms with Crippen LogP contribution in [0.1, 0.15) is 66.2 Å². The number of hydrogen-bond donors (Lipinski definition) is 0. The summed E-state index contributed by atoms with van der Waals surface area (Å²) in [5.41, 5.74) is 0. The largest absolute Gasteiger partial charge is 0.363 e. The van der Waals surface area contributed by atoms with Crippen LogP contribution in [-0.4, -0.2) is 11.9 Å². The minimum Gasteiger partial charge on any atom is -0.363 e. The Labute approximate surface area is 102 Å². The van der Waals surface area contributed by atoms with Crippen molar-refractivity contribution in [3.8, 4) is 0 Å². The molecule has 0 aliphatic carbocycles. The lowest BCUT2D eigenvalue weighted by molar-refractivity contribution is -0.00721. The first-order valence-corrected chi connectivity index (χ1v) is 7.47. The number of hydrogen-bond acceptors (Lipinski definition) is 2. The van der Waals surface area contributed by atoms with E-state index in [1.807, 2.05) is 13.8 Å². The molecule has 0 aromatic carbocycles. The van der Waals surface area contributed by atoms with E-state index in [-0.39, 0.29) is 8.46 Å². The van der Waals surface area contributed by atoms with E-state index < -0.39 is 5.34 Å². The van der Waals surface area contributed by atoms with Gasteiger partial charge in [-0.2, -0.15) is 0 Å². The van der Waals surface area contributed by atoms with Gasteiger partial charge in [0.2, 0.25) is 0 Å². The second kappa shape index (κ2) is 9.13. The highest BCUT2D eigenvalue weighted by Crippen LogP contribution is 2.33. The molecule has 3 heteroatoms. The van der Waals surface area contributed by atoms with E-state index in [4.69, 9.17) is 4.74 Å². The van der Waals surface area contributed by atoms with Crippen molar-refractivity contribution in [2.24, 2.45) is 5.92 Å². The van der Waals surface area contributed by atoms with Crippen LogP contribution >= 0.6 is 8.46 Å². The fourth-order valence-electron chi connectivity index (χ4n) is 1.78. The zero-order chi connectivity index (χ0) is 12.4. The molecule has 0 bridgehead atoms. The molecule has 0 fully saturated rings. The molecule has 0 aliphatic rings. The summed E-state index contributed by atoms with van der Waals surface area (Å²) in [5, 5.41) is -0.431. The smallest absolute Gasteiger partial charge is 0.190 e. The van der Waals surface area contributed by atoms with Crippen molar-refractivity contribution in [1.82, 2.24) is 0 Å². The van der Waals surface area contributed by atoms with Gasteiger partial charge in [-0.3, -0.25) is 4.57 Å². The maximum Gasteiger partial charge on any atom is 0.190 e. The van der Waals surface area contributed by atoms with Gasteiger partial charge in [-0.05, 0) is 25.2 Å². The van der Waals surface area contributed by atoms with Crippen LogP contribution in [-0.2, 0) is 9.30 Å². The Morgan fingerprint density at radius 2 is 1.81 bits per heavy atom. The van der Waals surface area contributed by atoms with Crippen LogP contribution in [0, 0.1) is 5.92 Å². The molecule has 0 saturated carbocycles. The van der Waals surface area contributed by atoms with Crippen molar-refractivity contribution >= 4 is 8.46 Å². The standard InChI is InChI=1S/C13H27O2P/c1-5-9-10-12(6-2)11-15-13(7-3,8-4)16-14/h12H,5-11H2,1-4H3. The Bertz CT molecular complexity index is 179. The van der Waals surface area contributed by atoms with Crippen LogP contribution < -0.4 is 0 Å². The second-order valence-electron chi connectivity index (χ2n) is 4.47. The average Bonchev–Trinajstić information content (AvgIpc) is 2.35. The van der Waals surface area contributed by atoms with Crippen LogP contribution in [0.4, 0.5) is 0 Å². The maximum absolute atomic E-state index is 11.2.